The zero-order valence-electron chi connectivity index (χ0n) is 12.5. The Morgan fingerprint density at radius 1 is 1.37 bits per heavy atom. The van der Waals surface area contributed by atoms with Crippen LogP contribution in [0.3, 0.4) is 0 Å². The summed E-state index contributed by atoms with van der Waals surface area (Å²) in [6.07, 6.45) is 5.54. The van der Waals surface area contributed by atoms with Gasteiger partial charge in [-0.3, -0.25) is 9.80 Å². The highest BCUT2D eigenvalue weighted by atomic mass is 16.5. The zero-order chi connectivity index (χ0) is 13.5. The molecule has 0 amide bonds. The molecule has 110 valence electrons. The van der Waals surface area contributed by atoms with Crippen molar-refractivity contribution in [3.8, 4) is 0 Å². The van der Waals surface area contributed by atoms with Crippen LogP contribution in [0.1, 0.15) is 39.5 Å². The maximum absolute atomic E-state index is 6.22. The first-order valence-corrected chi connectivity index (χ1v) is 8.01. The molecule has 0 radical (unpaired) electrons. The van der Waals surface area contributed by atoms with E-state index in [1.165, 1.54) is 25.8 Å². The SMILES string of the molecule is CCC1CN(C2(CN)CC(C)N(C3CC3)C2)CCO1. The van der Waals surface area contributed by atoms with Crippen LogP contribution in [0.4, 0.5) is 0 Å². The average molecular weight is 267 g/mol. The largest absolute Gasteiger partial charge is 0.376 e. The van der Waals surface area contributed by atoms with E-state index in [2.05, 4.69) is 23.6 Å². The Morgan fingerprint density at radius 3 is 2.79 bits per heavy atom. The number of morpholine rings is 1. The Morgan fingerprint density at radius 2 is 2.16 bits per heavy atom. The fraction of sp³-hybridized carbons (Fsp3) is 1.00. The Kier molecular flexibility index (Phi) is 3.87. The van der Waals surface area contributed by atoms with Gasteiger partial charge in [0, 0.05) is 43.8 Å². The van der Waals surface area contributed by atoms with Gasteiger partial charge in [-0.25, -0.2) is 0 Å². The molecule has 3 unspecified atom stereocenters. The molecule has 4 heteroatoms. The van der Waals surface area contributed by atoms with E-state index in [9.17, 15) is 0 Å². The van der Waals surface area contributed by atoms with E-state index < -0.39 is 0 Å². The summed E-state index contributed by atoms with van der Waals surface area (Å²) in [6.45, 7) is 9.56. The lowest BCUT2D eigenvalue weighted by atomic mass is 9.92. The third-order valence-corrected chi connectivity index (χ3v) is 5.38. The molecule has 0 spiro atoms. The van der Waals surface area contributed by atoms with E-state index in [0.717, 1.165) is 38.7 Å². The molecule has 4 nitrogen and oxygen atoms in total. The molecule has 19 heavy (non-hydrogen) atoms. The normalized spacial score (nSPS) is 41.8. The number of nitrogens with two attached hydrogens (primary N) is 1. The molecule has 3 atom stereocenters. The Hall–Kier alpha value is -0.160. The Balaban J connectivity index is 1.72. The van der Waals surface area contributed by atoms with Crippen LogP contribution in [0, 0.1) is 0 Å². The topological polar surface area (TPSA) is 41.7 Å². The van der Waals surface area contributed by atoms with Crippen LogP contribution in [0.5, 0.6) is 0 Å². The maximum Gasteiger partial charge on any atom is 0.0700 e. The standard InChI is InChI=1S/C15H29N3O/c1-3-14-9-17(6-7-19-14)15(10-16)8-12(2)18(11-15)13-4-5-13/h12-14H,3-11,16H2,1-2H3. The van der Waals surface area contributed by atoms with Crippen molar-refractivity contribution in [2.24, 2.45) is 5.73 Å². The van der Waals surface area contributed by atoms with Crippen LogP contribution in [-0.4, -0.2) is 66.3 Å². The van der Waals surface area contributed by atoms with Crippen molar-refractivity contribution in [3.05, 3.63) is 0 Å². The quantitative estimate of drug-likeness (QED) is 0.827. The first-order chi connectivity index (χ1) is 9.18. The molecule has 2 aliphatic heterocycles. The molecule has 3 aliphatic rings. The molecule has 1 saturated carbocycles. The van der Waals surface area contributed by atoms with Crippen molar-refractivity contribution < 1.29 is 4.74 Å². The number of rotatable bonds is 4. The second-order valence-electron chi connectivity index (χ2n) is 6.73. The van der Waals surface area contributed by atoms with E-state index >= 15 is 0 Å². The van der Waals surface area contributed by atoms with Crippen molar-refractivity contribution >= 4 is 0 Å². The van der Waals surface area contributed by atoms with Gasteiger partial charge in [0.15, 0.2) is 0 Å². The number of likely N-dealkylation sites (tertiary alicyclic amines) is 1. The highest BCUT2D eigenvalue weighted by molar-refractivity contribution is 5.07. The van der Waals surface area contributed by atoms with Crippen LogP contribution in [-0.2, 0) is 4.74 Å². The summed E-state index contributed by atoms with van der Waals surface area (Å²) in [7, 11) is 0. The first kappa shape index (κ1) is 13.8. The van der Waals surface area contributed by atoms with Crippen molar-refractivity contribution in [1.82, 2.24) is 9.80 Å². The summed E-state index contributed by atoms with van der Waals surface area (Å²) < 4.78 is 5.82. The van der Waals surface area contributed by atoms with Crippen LogP contribution in [0.15, 0.2) is 0 Å². The van der Waals surface area contributed by atoms with Gasteiger partial charge in [-0.2, -0.15) is 0 Å². The lowest BCUT2D eigenvalue weighted by Crippen LogP contribution is -2.60. The molecule has 2 heterocycles. The van der Waals surface area contributed by atoms with E-state index in [0.29, 0.717) is 12.1 Å². The van der Waals surface area contributed by atoms with Gasteiger partial charge in [-0.05, 0) is 32.6 Å². The van der Waals surface area contributed by atoms with Crippen molar-refractivity contribution in [2.75, 3.05) is 32.8 Å². The van der Waals surface area contributed by atoms with Gasteiger partial charge >= 0.3 is 0 Å². The predicted molar refractivity (Wildman–Crippen MR) is 77.2 cm³/mol. The minimum Gasteiger partial charge on any atom is -0.376 e. The van der Waals surface area contributed by atoms with Gasteiger partial charge < -0.3 is 10.5 Å². The molecule has 1 aliphatic carbocycles. The fourth-order valence-corrected chi connectivity index (χ4v) is 4.03. The number of hydrogen-bond acceptors (Lipinski definition) is 4. The monoisotopic (exact) mass is 267 g/mol. The molecule has 0 bridgehead atoms. The second-order valence-corrected chi connectivity index (χ2v) is 6.73. The van der Waals surface area contributed by atoms with Gasteiger partial charge in [-0.15, -0.1) is 0 Å². The van der Waals surface area contributed by atoms with Gasteiger partial charge in [0.2, 0.25) is 0 Å². The molecular weight excluding hydrogens is 238 g/mol. The third kappa shape index (κ3) is 2.56. The first-order valence-electron chi connectivity index (χ1n) is 8.01. The lowest BCUT2D eigenvalue weighted by Gasteiger charge is -2.45. The van der Waals surface area contributed by atoms with Crippen LogP contribution < -0.4 is 5.73 Å². The summed E-state index contributed by atoms with van der Waals surface area (Å²) in [6, 6.07) is 1.55. The van der Waals surface area contributed by atoms with E-state index in [4.69, 9.17) is 10.5 Å². The number of hydrogen-bond donors (Lipinski definition) is 1. The van der Waals surface area contributed by atoms with Crippen molar-refractivity contribution in [1.29, 1.82) is 0 Å². The van der Waals surface area contributed by atoms with E-state index in [1.807, 2.05) is 0 Å². The minimum absolute atomic E-state index is 0.208. The highest BCUT2D eigenvalue weighted by Crippen LogP contribution is 2.40. The zero-order valence-corrected chi connectivity index (χ0v) is 12.5. The molecule has 2 N–H and O–H groups in total. The molecule has 0 aromatic rings. The molecule has 2 saturated heterocycles. The summed E-state index contributed by atoms with van der Waals surface area (Å²) in [4.78, 5) is 5.35. The molecule has 0 aromatic heterocycles. The fourth-order valence-electron chi connectivity index (χ4n) is 4.03. The molecule has 0 aromatic carbocycles. The van der Waals surface area contributed by atoms with Crippen LogP contribution in [0.2, 0.25) is 0 Å². The van der Waals surface area contributed by atoms with Gasteiger partial charge in [-0.1, -0.05) is 6.92 Å². The smallest absolute Gasteiger partial charge is 0.0700 e. The molecule has 3 fully saturated rings. The van der Waals surface area contributed by atoms with Gasteiger partial charge in [0.1, 0.15) is 0 Å². The number of ether oxygens (including phenoxy) is 1. The van der Waals surface area contributed by atoms with E-state index in [1.54, 1.807) is 0 Å². The molecule has 3 rings (SSSR count). The van der Waals surface area contributed by atoms with E-state index in [-0.39, 0.29) is 5.54 Å². The van der Waals surface area contributed by atoms with Crippen LogP contribution in [0.25, 0.3) is 0 Å². The predicted octanol–water partition coefficient (Wildman–Crippen LogP) is 1.05. The summed E-state index contributed by atoms with van der Waals surface area (Å²) in [5, 5.41) is 0. The lowest BCUT2D eigenvalue weighted by molar-refractivity contribution is -0.0668. The second kappa shape index (κ2) is 5.32. The Labute approximate surface area is 117 Å². The summed E-state index contributed by atoms with van der Waals surface area (Å²) in [5.41, 5.74) is 6.43. The maximum atomic E-state index is 6.22. The summed E-state index contributed by atoms with van der Waals surface area (Å²) in [5.74, 6) is 0. The van der Waals surface area contributed by atoms with Crippen molar-refractivity contribution in [2.45, 2.75) is 63.3 Å². The van der Waals surface area contributed by atoms with Gasteiger partial charge in [0.05, 0.1) is 12.7 Å². The highest BCUT2D eigenvalue weighted by Gasteiger charge is 2.49. The third-order valence-electron chi connectivity index (χ3n) is 5.38. The average Bonchev–Trinajstić information content (AvgIpc) is 3.23. The Bertz CT molecular complexity index is 321. The molecular formula is C15H29N3O. The van der Waals surface area contributed by atoms with Gasteiger partial charge in [0.25, 0.3) is 0 Å². The number of nitrogens with zero attached hydrogens (tertiary/aromatic N) is 2. The summed E-state index contributed by atoms with van der Waals surface area (Å²) >= 11 is 0. The van der Waals surface area contributed by atoms with Crippen LogP contribution >= 0.6 is 0 Å². The minimum atomic E-state index is 0.208. The van der Waals surface area contributed by atoms with Crippen molar-refractivity contribution in [3.63, 3.8) is 0 Å².